The molecule has 0 aromatic rings. The van der Waals surface area contributed by atoms with E-state index in [2.05, 4.69) is 130 Å². The van der Waals surface area contributed by atoms with Gasteiger partial charge in [-0.1, -0.05) is 207 Å². The number of esters is 2. The van der Waals surface area contributed by atoms with Gasteiger partial charge < -0.3 is 14.2 Å². The van der Waals surface area contributed by atoms with Crippen molar-refractivity contribution in [3.8, 4) is 0 Å². The van der Waals surface area contributed by atoms with E-state index < -0.39 is 6.10 Å². The highest BCUT2D eigenvalue weighted by molar-refractivity contribution is 5.70. The number of carbonyl (C=O) groups is 2. The Morgan fingerprint density at radius 2 is 0.703 bits per heavy atom. The molecule has 0 saturated heterocycles. The Morgan fingerprint density at radius 1 is 0.359 bits per heavy atom. The van der Waals surface area contributed by atoms with E-state index in [9.17, 15) is 9.59 Å². The quantitative estimate of drug-likeness (QED) is 0.0346. The smallest absolute Gasteiger partial charge is 0.306 e. The third-order valence-corrected chi connectivity index (χ3v) is 10.8. The summed E-state index contributed by atoms with van der Waals surface area (Å²) in [5, 5.41) is 0. The highest BCUT2D eigenvalue weighted by Gasteiger charge is 2.17. The molecular formula is C59H98O5. The predicted octanol–water partition coefficient (Wildman–Crippen LogP) is 18.0. The third kappa shape index (κ3) is 51.2. The third-order valence-electron chi connectivity index (χ3n) is 10.8. The Labute approximate surface area is 395 Å². The van der Waals surface area contributed by atoms with Crippen molar-refractivity contribution < 1.29 is 23.8 Å². The SMILES string of the molecule is CC/C=C\C/C=C\C/C=C\C/C=C\CCCCCCC(=O)OCC(COCCCCCCCCCC/C=C\C/C=C\C/C=C\CC)OC(=O)CCCCCCC/C=C\C/C=C\CCC. The average Bonchev–Trinajstić information content (AvgIpc) is 3.30. The van der Waals surface area contributed by atoms with Crippen LogP contribution in [0.5, 0.6) is 0 Å². The van der Waals surface area contributed by atoms with Gasteiger partial charge in [0.25, 0.3) is 0 Å². The van der Waals surface area contributed by atoms with Gasteiger partial charge in [0.05, 0.1) is 6.61 Å². The van der Waals surface area contributed by atoms with Crippen molar-refractivity contribution in [2.24, 2.45) is 0 Å². The number of unbranched alkanes of at least 4 members (excludes halogenated alkanes) is 18. The Bertz CT molecular complexity index is 1280. The second kappa shape index (κ2) is 53.9. The van der Waals surface area contributed by atoms with Gasteiger partial charge in [0.15, 0.2) is 6.10 Å². The number of ether oxygens (including phenoxy) is 3. The summed E-state index contributed by atoms with van der Waals surface area (Å²) in [6, 6.07) is 0. The van der Waals surface area contributed by atoms with Crippen molar-refractivity contribution in [3.05, 3.63) is 109 Å². The van der Waals surface area contributed by atoms with Crippen molar-refractivity contribution in [1.82, 2.24) is 0 Å². The summed E-state index contributed by atoms with van der Waals surface area (Å²) in [5.41, 5.74) is 0. The van der Waals surface area contributed by atoms with Crippen molar-refractivity contribution in [3.63, 3.8) is 0 Å². The standard InChI is InChI=1S/C59H98O5/c1-4-7-10-13-16-19-22-25-27-29-31-33-36-39-42-45-48-51-54-62-55-57(64-59(61)53-50-47-44-41-38-34-24-21-18-15-12-9-6-3)56-63-58(60)52-49-46-43-40-37-35-32-30-28-26-23-20-17-14-11-8-5-2/h7-8,10-12,15-17,19-21,24-28,32,35,57H,4-6,9,13-14,18,22-23,29-31,33-34,36-56H2,1-3H3/b10-7-,11-8-,15-12-,19-16-,20-17-,24-21-,27-25-,28-26-,35-32-. The molecule has 0 aromatic carbocycles. The molecule has 0 aliphatic rings. The van der Waals surface area contributed by atoms with Crippen LogP contribution in [0, 0.1) is 0 Å². The first-order valence-corrected chi connectivity index (χ1v) is 26.4. The molecule has 64 heavy (non-hydrogen) atoms. The van der Waals surface area contributed by atoms with Crippen molar-refractivity contribution in [2.75, 3.05) is 19.8 Å². The van der Waals surface area contributed by atoms with Gasteiger partial charge in [-0.05, 0) is 116 Å². The van der Waals surface area contributed by atoms with Gasteiger partial charge in [-0.15, -0.1) is 0 Å². The Morgan fingerprint density at radius 3 is 1.12 bits per heavy atom. The van der Waals surface area contributed by atoms with Crippen LogP contribution in [-0.2, 0) is 23.8 Å². The largest absolute Gasteiger partial charge is 0.462 e. The molecule has 0 N–H and O–H groups in total. The topological polar surface area (TPSA) is 61.8 Å². The summed E-state index contributed by atoms with van der Waals surface area (Å²) >= 11 is 0. The molecule has 0 saturated carbocycles. The molecule has 5 heteroatoms. The zero-order valence-corrected chi connectivity index (χ0v) is 41.8. The lowest BCUT2D eigenvalue weighted by Crippen LogP contribution is -2.30. The molecule has 0 fully saturated rings. The van der Waals surface area contributed by atoms with E-state index in [1.165, 1.54) is 64.2 Å². The summed E-state index contributed by atoms with van der Waals surface area (Å²) in [5.74, 6) is -0.450. The van der Waals surface area contributed by atoms with Crippen LogP contribution < -0.4 is 0 Å². The summed E-state index contributed by atoms with van der Waals surface area (Å²) < 4.78 is 17.4. The van der Waals surface area contributed by atoms with E-state index in [0.29, 0.717) is 19.4 Å². The van der Waals surface area contributed by atoms with Gasteiger partial charge in [0.1, 0.15) is 6.61 Å². The fourth-order valence-corrected chi connectivity index (χ4v) is 6.91. The van der Waals surface area contributed by atoms with E-state index >= 15 is 0 Å². The van der Waals surface area contributed by atoms with E-state index in [-0.39, 0.29) is 25.2 Å². The van der Waals surface area contributed by atoms with Crippen LogP contribution in [0.1, 0.15) is 226 Å². The fraction of sp³-hybridized carbons (Fsp3) is 0.661. The molecule has 364 valence electrons. The van der Waals surface area contributed by atoms with E-state index in [1.54, 1.807) is 0 Å². The molecule has 0 rings (SSSR count). The van der Waals surface area contributed by atoms with Crippen LogP contribution >= 0.6 is 0 Å². The predicted molar refractivity (Wildman–Crippen MR) is 279 cm³/mol. The highest BCUT2D eigenvalue weighted by Crippen LogP contribution is 2.13. The van der Waals surface area contributed by atoms with E-state index in [0.717, 1.165) is 128 Å². The molecule has 0 aliphatic heterocycles. The van der Waals surface area contributed by atoms with E-state index in [1.807, 2.05) is 0 Å². The minimum atomic E-state index is -0.564. The lowest BCUT2D eigenvalue weighted by Gasteiger charge is -2.18. The van der Waals surface area contributed by atoms with Gasteiger partial charge in [-0.3, -0.25) is 9.59 Å². The number of hydrogen-bond acceptors (Lipinski definition) is 5. The molecular weight excluding hydrogens is 789 g/mol. The van der Waals surface area contributed by atoms with Gasteiger partial charge in [-0.2, -0.15) is 0 Å². The number of rotatable bonds is 47. The number of hydrogen-bond donors (Lipinski definition) is 0. The Kier molecular flexibility index (Phi) is 51.0. The van der Waals surface area contributed by atoms with E-state index in [4.69, 9.17) is 14.2 Å². The number of allylic oxidation sites excluding steroid dienone is 18. The van der Waals surface area contributed by atoms with Gasteiger partial charge in [-0.25, -0.2) is 0 Å². The maximum atomic E-state index is 12.8. The Balaban J connectivity index is 4.35. The summed E-state index contributed by atoms with van der Waals surface area (Å²) in [7, 11) is 0. The number of carbonyl (C=O) groups excluding carboxylic acids is 2. The zero-order valence-electron chi connectivity index (χ0n) is 41.8. The lowest BCUT2D eigenvalue weighted by molar-refractivity contribution is -0.163. The van der Waals surface area contributed by atoms with Crippen LogP contribution in [0.25, 0.3) is 0 Å². The normalized spacial score (nSPS) is 13.1. The molecule has 1 unspecified atom stereocenters. The first-order chi connectivity index (χ1) is 31.6. The van der Waals surface area contributed by atoms with Crippen LogP contribution in [0.4, 0.5) is 0 Å². The average molecular weight is 887 g/mol. The van der Waals surface area contributed by atoms with Crippen LogP contribution in [0.15, 0.2) is 109 Å². The fourth-order valence-electron chi connectivity index (χ4n) is 6.91. The molecule has 0 amide bonds. The summed E-state index contributed by atoms with van der Waals surface area (Å²) in [6.45, 7) is 7.48. The highest BCUT2D eigenvalue weighted by atomic mass is 16.6. The van der Waals surface area contributed by atoms with Crippen LogP contribution in [0.3, 0.4) is 0 Å². The molecule has 0 heterocycles. The minimum Gasteiger partial charge on any atom is -0.462 e. The van der Waals surface area contributed by atoms with Crippen molar-refractivity contribution >= 4 is 11.9 Å². The zero-order chi connectivity index (χ0) is 46.3. The van der Waals surface area contributed by atoms with Gasteiger partial charge in [0.2, 0.25) is 0 Å². The maximum Gasteiger partial charge on any atom is 0.306 e. The second-order valence-corrected chi connectivity index (χ2v) is 17.0. The molecule has 0 radical (unpaired) electrons. The molecule has 0 aromatic heterocycles. The van der Waals surface area contributed by atoms with Crippen LogP contribution in [0.2, 0.25) is 0 Å². The maximum absolute atomic E-state index is 12.8. The van der Waals surface area contributed by atoms with Crippen molar-refractivity contribution in [1.29, 1.82) is 0 Å². The van der Waals surface area contributed by atoms with Gasteiger partial charge >= 0.3 is 11.9 Å². The molecule has 0 aliphatic carbocycles. The first kappa shape index (κ1) is 60.6. The molecule has 0 spiro atoms. The van der Waals surface area contributed by atoms with Gasteiger partial charge in [0, 0.05) is 19.4 Å². The minimum absolute atomic E-state index is 0.0576. The molecule has 5 nitrogen and oxygen atoms in total. The first-order valence-electron chi connectivity index (χ1n) is 26.4. The summed E-state index contributed by atoms with van der Waals surface area (Å²) in [4.78, 5) is 25.4. The second-order valence-electron chi connectivity index (χ2n) is 17.0. The molecule has 0 bridgehead atoms. The Hall–Kier alpha value is -3.44. The van der Waals surface area contributed by atoms with Crippen molar-refractivity contribution in [2.45, 2.75) is 232 Å². The monoisotopic (exact) mass is 887 g/mol. The summed E-state index contributed by atoms with van der Waals surface area (Å²) in [6.07, 6.45) is 73.8. The lowest BCUT2D eigenvalue weighted by atomic mass is 10.1. The van der Waals surface area contributed by atoms with Crippen LogP contribution in [-0.4, -0.2) is 37.9 Å². The molecule has 1 atom stereocenters.